The van der Waals surface area contributed by atoms with Gasteiger partial charge in [0.15, 0.2) is 0 Å². The lowest BCUT2D eigenvalue weighted by molar-refractivity contribution is -0.151. The van der Waals surface area contributed by atoms with Crippen LogP contribution in [-0.4, -0.2) is 123 Å². The van der Waals surface area contributed by atoms with Crippen molar-refractivity contribution >= 4 is 35.7 Å². The van der Waals surface area contributed by atoms with Gasteiger partial charge < -0.3 is 39.4 Å². The molecule has 0 aliphatic carbocycles. The zero-order valence-electron chi connectivity index (χ0n) is 69.9. The standard InChI is InChI=1S/C90H172N4O10/c1-9-15-21-27-35-47-61-83(62-48-36-28-22-16-10-2)103-89(99)67-51-39-31-41-55-73-93(75-57-43-53-65-87(97)101-79-81(7)59-45-33-25-19-13-5)77-71-91-85(95)69-70-86(96)92-72-78-94(76-58-44-54-66-88(98)102-80-82(8)60-46-34-26-20-14-6)74-56-42-32-40-52-68-90(100)104-84(63-49-37-29-23-17-11-3)64-50-38-30-24-18-12-4/h69-70,81-84H,9-68,71-80H2,1-8H3,(H,91,95)(H,92,96)/b70-69+. The fraction of sp³-hybridized carbons (Fsp3) is 0.911. The number of nitrogens with one attached hydrogen (secondary N) is 2. The third-order valence-corrected chi connectivity index (χ3v) is 21.0. The third kappa shape index (κ3) is 72.7. The molecular formula is C90H172N4O10. The summed E-state index contributed by atoms with van der Waals surface area (Å²) in [4.78, 5) is 82.6. The van der Waals surface area contributed by atoms with Crippen LogP contribution in [0.15, 0.2) is 12.2 Å². The van der Waals surface area contributed by atoms with Gasteiger partial charge in [0.2, 0.25) is 11.8 Å². The highest BCUT2D eigenvalue weighted by atomic mass is 16.6. The lowest BCUT2D eigenvalue weighted by Gasteiger charge is -2.22. The van der Waals surface area contributed by atoms with Gasteiger partial charge in [-0.1, -0.05) is 299 Å². The molecule has 0 aliphatic rings. The van der Waals surface area contributed by atoms with E-state index in [0.717, 1.165) is 193 Å². The first-order chi connectivity index (χ1) is 50.8. The summed E-state index contributed by atoms with van der Waals surface area (Å²) in [6.07, 6.45) is 68.5. The molecule has 0 aromatic heterocycles. The van der Waals surface area contributed by atoms with E-state index in [1.807, 2.05) is 0 Å². The minimum Gasteiger partial charge on any atom is -0.465 e. The van der Waals surface area contributed by atoms with Crippen molar-refractivity contribution in [1.29, 1.82) is 0 Å². The molecule has 0 aliphatic heterocycles. The molecule has 0 saturated heterocycles. The number of ether oxygens (including phenoxy) is 4. The number of esters is 4. The number of carbonyl (C=O) groups excluding carboxylic acids is 6. The quantitative estimate of drug-likeness (QED) is 0.0256. The van der Waals surface area contributed by atoms with Gasteiger partial charge in [0.1, 0.15) is 12.2 Å². The van der Waals surface area contributed by atoms with Crippen molar-refractivity contribution in [3.05, 3.63) is 12.2 Å². The molecular weight excluding hydrogens is 1300 g/mol. The Balaban J connectivity index is 5.49. The van der Waals surface area contributed by atoms with Crippen LogP contribution in [0.4, 0.5) is 0 Å². The van der Waals surface area contributed by atoms with Gasteiger partial charge in [-0.15, -0.1) is 0 Å². The zero-order valence-corrected chi connectivity index (χ0v) is 69.9. The smallest absolute Gasteiger partial charge is 0.306 e. The van der Waals surface area contributed by atoms with E-state index in [0.29, 0.717) is 76.9 Å². The van der Waals surface area contributed by atoms with Crippen molar-refractivity contribution < 1.29 is 47.7 Å². The lowest BCUT2D eigenvalue weighted by Crippen LogP contribution is -2.36. The Labute approximate surface area is 643 Å². The van der Waals surface area contributed by atoms with Crippen molar-refractivity contribution in [3.8, 4) is 0 Å². The second kappa shape index (κ2) is 79.0. The largest absolute Gasteiger partial charge is 0.465 e. The van der Waals surface area contributed by atoms with E-state index in [-0.39, 0.29) is 47.9 Å². The molecule has 104 heavy (non-hydrogen) atoms. The van der Waals surface area contributed by atoms with Crippen molar-refractivity contribution in [2.45, 2.75) is 453 Å². The van der Waals surface area contributed by atoms with Crippen LogP contribution in [0, 0.1) is 11.8 Å². The predicted molar refractivity (Wildman–Crippen MR) is 439 cm³/mol. The molecule has 0 aromatic carbocycles. The first kappa shape index (κ1) is 100. The summed E-state index contributed by atoms with van der Waals surface area (Å²) in [5, 5.41) is 6.04. The Kier molecular flexibility index (Phi) is 76.4. The molecule has 14 heteroatoms. The Morgan fingerprint density at radius 1 is 0.269 bits per heavy atom. The van der Waals surface area contributed by atoms with Crippen LogP contribution in [0.3, 0.4) is 0 Å². The highest BCUT2D eigenvalue weighted by Gasteiger charge is 2.18. The maximum atomic E-state index is 13.1. The second-order valence-corrected chi connectivity index (χ2v) is 31.7. The van der Waals surface area contributed by atoms with Crippen molar-refractivity contribution in [2.75, 3.05) is 65.6 Å². The van der Waals surface area contributed by atoms with E-state index in [9.17, 15) is 28.8 Å². The number of hydrogen-bond acceptors (Lipinski definition) is 12. The van der Waals surface area contributed by atoms with E-state index in [2.05, 4.69) is 75.8 Å². The molecule has 0 saturated carbocycles. The topological polar surface area (TPSA) is 170 Å². The molecule has 0 fully saturated rings. The van der Waals surface area contributed by atoms with Gasteiger partial charge >= 0.3 is 23.9 Å². The van der Waals surface area contributed by atoms with Crippen LogP contribution in [-0.2, 0) is 47.7 Å². The van der Waals surface area contributed by atoms with Crippen molar-refractivity contribution in [2.24, 2.45) is 11.8 Å². The minimum atomic E-state index is -0.301. The van der Waals surface area contributed by atoms with Crippen LogP contribution in [0.25, 0.3) is 0 Å². The summed E-state index contributed by atoms with van der Waals surface area (Å²) in [5.41, 5.74) is 0. The highest BCUT2D eigenvalue weighted by Crippen LogP contribution is 2.22. The molecule has 0 aromatic rings. The number of rotatable bonds is 82. The number of nitrogens with zero attached hydrogens (tertiary/aromatic N) is 2. The average molecular weight is 1470 g/mol. The van der Waals surface area contributed by atoms with Crippen LogP contribution in [0.5, 0.6) is 0 Å². The summed E-state index contributed by atoms with van der Waals surface area (Å²) in [6.45, 7) is 24.6. The lowest BCUT2D eigenvalue weighted by atomic mass is 10.0. The summed E-state index contributed by atoms with van der Waals surface area (Å²) in [7, 11) is 0. The Hall–Kier alpha value is -3.52. The number of unbranched alkanes of at least 4 members (excludes halogenated alkanes) is 40. The van der Waals surface area contributed by atoms with Gasteiger partial charge in [0, 0.05) is 64.0 Å². The summed E-state index contributed by atoms with van der Waals surface area (Å²) in [5.74, 6) is -0.102. The van der Waals surface area contributed by atoms with Gasteiger partial charge in [-0.2, -0.15) is 0 Å². The number of carbonyl (C=O) groups is 6. The third-order valence-electron chi connectivity index (χ3n) is 21.0. The molecule has 2 unspecified atom stereocenters. The molecule has 2 atom stereocenters. The van der Waals surface area contributed by atoms with Crippen molar-refractivity contribution in [3.63, 3.8) is 0 Å². The average Bonchev–Trinajstić information content (AvgIpc) is 1.26. The Bertz CT molecular complexity index is 1790. The van der Waals surface area contributed by atoms with E-state index in [4.69, 9.17) is 18.9 Å². The molecule has 0 radical (unpaired) electrons. The SMILES string of the molecule is CCCCCCCCC(CCCCCCCC)OC(=O)CCCCCCCN(CCCCCC(=O)OCC(C)CCCCCCC)CCNC(=O)/C=C/C(=O)NCCN(CCCCCCCC(=O)OC(CCCCCCCC)CCCCCCCC)CCCCCC(=O)OCC(C)CCCCCCC. The highest BCUT2D eigenvalue weighted by molar-refractivity contribution is 5.96. The van der Waals surface area contributed by atoms with Crippen LogP contribution in [0.2, 0.25) is 0 Å². The molecule has 0 heterocycles. The monoisotopic (exact) mass is 1470 g/mol. The molecule has 612 valence electrons. The Morgan fingerprint density at radius 3 is 0.769 bits per heavy atom. The van der Waals surface area contributed by atoms with Crippen molar-refractivity contribution in [1.82, 2.24) is 20.4 Å². The molecule has 0 rings (SSSR count). The van der Waals surface area contributed by atoms with E-state index in [1.54, 1.807) is 0 Å². The van der Waals surface area contributed by atoms with E-state index in [1.165, 1.54) is 205 Å². The fourth-order valence-electron chi connectivity index (χ4n) is 14.0. The van der Waals surface area contributed by atoms with E-state index >= 15 is 0 Å². The molecule has 0 bridgehead atoms. The molecule has 14 nitrogen and oxygen atoms in total. The Morgan fingerprint density at radius 2 is 0.490 bits per heavy atom. The number of amides is 2. The second-order valence-electron chi connectivity index (χ2n) is 31.7. The number of hydrogen-bond donors (Lipinski definition) is 2. The first-order valence-corrected chi connectivity index (χ1v) is 45.2. The maximum absolute atomic E-state index is 13.1. The van der Waals surface area contributed by atoms with Crippen LogP contribution >= 0.6 is 0 Å². The predicted octanol–water partition coefficient (Wildman–Crippen LogP) is 24.1. The molecule has 2 amide bonds. The van der Waals surface area contributed by atoms with Gasteiger partial charge in [0.05, 0.1) is 13.2 Å². The van der Waals surface area contributed by atoms with Crippen LogP contribution in [0.1, 0.15) is 441 Å². The molecule has 0 spiro atoms. The summed E-state index contributed by atoms with van der Waals surface area (Å²) < 4.78 is 23.6. The fourth-order valence-corrected chi connectivity index (χ4v) is 14.0. The minimum absolute atomic E-state index is 0.0325. The summed E-state index contributed by atoms with van der Waals surface area (Å²) >= 11 is 0. The van der Waals surface area contributed by atoms with Gasteiger partial charge in [0.25, 0.3) is 0 Å². The van der Waals surface area contributed by atoms with E-state index < -0.39 is 0 Å². The van der Waals surface area contributed by atoms with Gasteiger partial charge in [-0.25, -0.2) is 0 Å². The van der Waals surface area contributed by atoms with Gasteiger partial charge in [-0.3, -0.25) is 28.8 Å². The first-order valence-electron chi connectivity index (χ1n) is 45.2. The zero-order chi connectivity index (χ0) is 76.1. The summed E-state index contributed by atoms with van der Waals surface area (Å²) in [6, 6.07) is 0. The van der Waals surface area contributed by atoms with Gasteiger partial charge in [-0.05, 0) is 154 Å². The normalized spacial score (nSPS) is 12.3. The molecule has 2 N–H and O–H groups in total. The maximum Gasteiger partial charge on any atom is 0.306 e. The van der Waals surface area contributed by atoms with Crippen LogP contribution < -0.4 is 10.6 Å².